The quantitative estimate of drug-likeness (QED) is 0.289. The molecule has 0 aliphatic carbocycles. The molecule has 0 saturated carbocycles. The molecule has 4 rings (SSSR count). The molecule has 4 aromatic rings. The van der Waals surface area contributed by atoms with Crippen LogP contribution in [0.25, 0.3) is 11.1 Å². The van der Waals surface area contributed by atoms with Crippen molar-refractivity contribution in [3.05, 3.63) is 111 Å². The Balaban J connectivity index is 1.77. The number of benzene rings is 2. The van der Waals surface area contributed by atoms with Gasteiger partial charge in [0.25, 0.3) is 5.56 Å². The topological polar surface area (TPSA) is 77.2 Å². The second-order valence-corrected chi connectivity index (χ2v) is 9.56. The lowest BCUT2D eigenvalue weighted by atomic mass is 9.99. The van der Waals surface area contributed by atoms with E-state index in [0.29, 0.717) is 12.0 Å². The monoisotopic (exact) mass is 519 g/mol. The van der Waals surface area contributed by atoms with Crippen molar-refractivity contribution in [2.24, 2.45) is 0 Å². The number of aromatic hydroxyl groups is 1. The minimum Gasteiger partial charge on any atom is -0.494 e. The standard InChI is InChI=1S/C30H31F2N3O3/c1-5-27(22-13-23(31)15-24(32)14-22)35-28(17-38-18(2)3)34-29(36)26(30(35)37)12-20-6-8-21(9-7-20)25-10-11-33-16-19(25)4/h6-11,13-16,18,27,37H,5,12,17H2,1-4H3. The fourth-order valence-corrected chi connectivity index (χ4v) is 4.57. The van der Waals surface area contributed by atoms with Gasteiger partial charge in [0, 0.05) is 24.9 Å². The molecule has 2 aromatic carbocycles. The van der Waals surface area contributed by atoms with Crippen LogP contribution in [0.5, 0.6) is 5.88 Å². The third kappa shape index (κ3) is 5.97. The zero-order valence-corrected chi connectivity index (χ0v) is 21.9. The molecule has 0 aliphatic rings. The van der Waals surface area contributed by atoms with Crippen LogP contribution in [0.3, 0.4) is 0 Å². The Kier molecular flexibility index (Phi) is 8.32. The first kappa shape index (κ1) is 27.1. The molecule has 0 amide bonds. The number of halogens is 2. The minimum atomic E-state index is -0.725. The van der Waals surface area contributed by atoms with Gasteiger partial charge in [0.05, 0.1) is 17.7 Å². The summed E-state index contributed by atoms with van der Waals surface area (Å²) in [6.45, 7) is 7.45. The van der Waals surface area contributed by atoms with E-state index in [9.17, 15) is 18.7 Å². The molecule has 0 radical (unpaired) electrons. The van der Waals surface area contributed by atoms with E-state index < -0.39 is 23.2 Å². The third-order valence-electron chi connectivity index (χ3n) is 6.44. The van der Waals surface area contributed by atoms with E-state index in [1.54, 1.807) is 12.4 Å². The average molecular weight is 520 g/mol. The molecule has 0 bridgehead atoms. The van der Waals surface area contributed by atoms with Gasteiger partial charge in [-0.05, 0) is 73.2 Å². The number of hydrogen-bond donors (Lipinski definition) is 1. The van der Waals surface area contributed by atoms with Crippen molar-refractivity contribution in [1.82, 2.24) is 14.5 Å². The van der Waals surface area contributed by atoms with Crippen molar-refractivity contribution in [1.29, 1.82) is 0 Å². The number of rotatable bonds is 9. The van der Waals surface area contributed by atoms with Gasteiger partial charge >= 0.3 is 0 Å². The van der Waals surface area contributed by atoms with E-state index in [0.717, 1.165) is 28.3 Å². The van der Waals surface area contributed by atoms with Crippen LogP contribution in [0.15, 0.2) is 65.7 Å². The number of aromatic nitrogens is 3. The molecule has 2 heterocycles. The van der Waals surface area contributed by atoms with E-state index in [-0.39, 0.29) is 36.4 Å². The first-order valence-corrected chi connectivity index (χ1v) is 12.6. The van der Waals surface area contributed by atoms with Gasteiger partial charge in [-0.15, -0.1) is 0 Å². The molecular formula is C30H31F2N3O3. The molecule has 6 nitrogen and oxygen atoms in total. The number of aryl methyl sites for hydroxylation is 1. The fraction of sp³-hybridized carbons (Fsp3) is 0.300. The van der Waals surface area contributed by atoms with Gasteiger partial charge in [-0.25, -0.2) is 8.78 Å². The van der Waals surface area contributed by atoms with Crippen LogP contribution in [0.1, 0.15) is 61.3 Å². The summed E-state index contributed by atoms with van der Waals surface area (Å²) >= 11 is 0. The zero-order valence-electron chi connectivity index (χ0n) is 21.9. The Morgan fingerprint density at radius 3 is 2.34 bits per heavy atom. The first-order chi connectivity index (χ1) is 18.2. The summed E-state index contributed by atoms with van der Waals surface area (Å²) in [6.07, 6.45) is 3.90. The smallest absolute Gasteiger partial charge is 0.280 e. The maximum absolute atomic E-state index is 14.1. The Morgan fingerprint density at radius 2 is 1.74 bits per heavy atom. The molecule has 2 aromatic heterocycles. The molecule has 1 N–H and O–H groups in total. The van der Waals surface area contributed by atoms with Crippen molar-refractivity contribution >= 4 is 0 Å². The maximum atomic E-state index is 14.1. The van der Waals surface area contributed by atoms with Crippen molar-refractivity contribution < 1.29 is 18.6 Å². The van der Waals surface area contributed by atoms with E-state index in [1.165, 1.54) is 16.7 Å². The van der Waals surface area contributed by atoms with Gasteiger partial charge in [0.15, 0.2) is 0 Å². The van der Waals surface area contributed by atoms with E-state index in [1.807, 2.05) is 58.0 Å². The number of pyridine rings is 1. The SMILES string of the molecule is CCC(c1cc(F)cc(F)c1)n1c(COC(C)C)nc(=O)c(Cc2ccc(-c3ccncc3C)cc2)c1O. The van der Waals surface area contributed by atoms with Gasteiger partial charge in [-0.3, -0.25) is 14.3 Å². The summed E-state index contributed by atoms with van der Waals surface area (Å²) in [5.74, 6) is -1.56. The summed E-state index contributed by atoms with van der Waals surface area (Å²) in [6, 6.07) is 12.2. The summed E-state index contributed by atoms with van der Waals surface area (Å²) < 4.78 is 35.4. The number of ether oxygens (including phenoxy) is 1. The summed E-state index contributed by atoms with van der Waals surface area (Å²) in [7, 11) is 0. The number of nitrogens with zero attached hydrogens (tertiary/aromatic N) is 3. The summed E-state index contributed by atoms with van der Waals surface area (Å²) in [4.78, 5) is 21.5. The van der Waals surface area contributed by atoms with E-state index >= 15 is 0 Å². The van der Waals surface area contributed by atoms with Crippen LogP contribution in [0, 0.1) is 18.6 Å². The van der Waals surface area contributed by atoms with Crippen LogP contribution in [-0.4, -0.2) is 25.7 Å². The van der Waals surface area contributed by atoms with Crippen molar-refractivity contribution in [3.8, 4) is 17.0 Å². The Labute approximate surface area is 220 Å². The van der Waals surface area contributed by atoms with Gasteiger partial charge in [0.1, 0.15) is 24.1 Å². The fourth-order valence-electron chi connectivity index (χ4n) is 4.57. The summed E-state index contributed by atoms with van der Waals surface area (Å²) in [5.41, 5.74) is 3.76. The van der Waals surface area contributed by atoms with Crippen LogP contribution in [0.4, 0.5) is 8.78 Å². The lowest BCUT2D eigenvalue weighted by Gasteiger charge is -2.25. The minimum absolute atomic E-state index is 0.0466. The molecule has 1 unspecified atom stereocenters. The molecule has 38 heavy (non-hydrogen) atoms. The van der Waals surface area contributed by atoms with E-state index in [2.05, 4.69) is 9.97 Å². The number of hydrogen-bond acceptors (Lipinski definition) is 5. The van der Waals surface area contributed by atoms with Crippen LogP contribution in [-0.2, 0) is 17.8 Å². The van der Waals surface area contributed by atoms with Gasteiger partial charge < -0.3 is 9.84 Å². The van der Waals surface area contributed by atoms with E-state index in [4.69, 9.17) is 4.74 Å². The Bertz CT molecular complexity index is 1460. The molecule has 0 aliphatic heterocycles. The second-order valence-electron chi connectivity index (χ2n) is 9.56. The van der Waals surface area contributed by atoms with Crippen molar-refractivity contribution in [3.63, 3.8) is 0 Å². The lowest BCUT2D eigenvalue weighted by molar-refractivity contribution is 0.0573. The molecular weight excluding hydrogens is 488 g/mol. The van der Waals surface area contributed by atoms with Crippen LogP contribution in [0.2, 0.25) is 0 Å². The molecule has 8 heteroatoms. The largest absolute Gasteiger partial charge is 0.494 e. The Hall–Kier alpha value is -3.91. The van der Waals surface area contributed by atoms with Crippen LogP contribution >= 0.6 is 0 Å². The maximum Gasteiger partial charge on any atom is 0.280 e. The highest BCUT2D eigenvalue weighted by Crippen LogP contribution is 2.31. The highest BCUT2D eigenvalue weighted by atomic mass is 19.1. The second kappa shape index (κ2) is 11.6. The van der Waals surface area contributed by atoms with Crippen molar-refractivity contribution in [2.75, 3.05) is 0 Å². The predicted molar refractivity (Wildman–Crippen MR) is 142 cm³/mol. The van der Waals surface area contributed by atoms with Crippen LogP contribution < -0.4 is 5.56 Å². The average Bonchev–Trinajstić information content (AvgIpc) is 2.87. The normalized spacial score (nSPS) is 12.2. The highest BCUT2D eigenvalue weighted by molar-refractivity contribution is 5.66. The summed E-state index contributed by atoms with van der Waals surface area (Å²) in [5, 5.41) is 11.4. The lowest BCUT2D eigenvalue weighted by Crippen LogP contribution is -2.26. The van der Waals surface area contributed by atoms with Gasteiger partial charge in [0.2, 0.25) is 5.88 Å². The molecule has 0 spiro atoms. The molecule has 0 saturated heterocycles. The van der Waals surface area contributed by atoms with Gasteiger partial charge in [-0.1, -0.05) is 31.2 Å². The predicted octanol–water partition coefficient (Wildman–Crippen LogP) is 6.11. The molecule has 1 atom stereocenters. The zero-order chi connectivity index (χ0) is 27.4. The van der Waals surface area contributed by atoms with Gasteiger partial charge in [-0.2, -0.15) is 4.98 Å². The Morgan fingerprint density at radius 1 is 1.05 bits per heavy atom. The third-order valence-corrected chi connectivity index (χ3v) is 6.44. The molecule has 198 valence electrons. The molecule has 0 fully saturated rings. The highest BCUT2D eigenvalue weighted by Gasteiger charge is 2.24. The van der Waals surface area contributed by atoms with Crippen molar-refractivity contribution in [2.45, 2.75) is 59.3 Å². The first-order valence-electron chi connectivity index (χ1n) is 12.6.